The fourth-order valence-corrected chi connectivity index (χ4v) is 5.14. The number of nitrogens with zero attached hydrogens (tertiary/aromatic N) is 6. The zero-order chi connectivity index (χ0) is 22.2. The van der Waals surface area contributed by atoms with Gasteiger partial charge in [-0.3, -0.25) is 9.36 Å². The molecule has 2 N–H and O–H groups in total. The molecule has 2 aliphatic heterocycles. The molecule has 0 radical (unpaired) electrons. The van der Waals surface area contributed by atoms with E-state index in [1.54, 1.807) is 12.1 Å². The van der Waals surface area contributed by atoms with Crippen molar-refractivity contribution in [2.75, 3.05) is 42.6 Å². The van der Waals surface area contributed by atoms with Crippen molar-refractivity contribution in [2.24, 2.45) is 5.73 Å². The maximum absolute atomic E-state index is 11.3. The Kier molecular flexibility index (Phi) is 6.08. The van der Waals surface area contributed by atoms with E-state index in [9.17, 15) is 4.79 Å². The Balaban J connectivity index is 1.42. The topological polar surface area (TPSA) is 102 Å². The molecule has 0 bridgehead atoms. The lowest BCUT2D eigenvalue weighted by atomic mass is 10.1. The zero-order valence-corrected chi connectivity index (χ0v) is 20.3. The lowest BCUT2D eigenvalue weighted by Crippen LogP contribution is -2.47. The van der Waals surface area contributed by atoms with Gasteiger partial charge in [0.05, 0.1) is 0 Å². The summed E-state index contributed by atoms with van der Waals surface area (Å²) >= 11 is 8.51. The number of carbonyl (C=O) groups is 1. The van der Waals surface area contributed by atoms with E-state index < -0.39 is 5.91 Å². The summed E-state index contributed by atoms with van der Waals surface area (Å²) in [5.41, 5.74) is 8.28. The summed E-state index contributed by atoms with van der Waals surface area (Å²) in [5.74, 6) is 0.412. The van der Waals surface area contributed by atoms with Gasteiger partial charge >= 0.3 is 0 Å². The van der Waals surface area contributed by atoms with Crippen LogP contribution in [0.1, 0.15) is 35.8 Å². The van der Waals surface area contributed by atoms with Crippen molar-refractivity contribution in [3.8, 4) is 0 Å². The van der Waals surface area contributed by atoms with Gasteiger partial charge in [0.1, 0.15) is 11.7 Å². The van der Waals surface area contributed by atoms with Gasteiger partial charge in [-0.25, -0.2) is 15.0 Å². The van der Waals surface area contributed by atoms with E-state index in [1.165, 1.54) is 0 Å². The first-order chi connectivity index (χ1) is 15.5. The van der Waals surface area contributed by atoms with E-state index in [0.717, 1.165) is 69.3 Å². The van der Waals surface area contributed by atoms with Crippen LogP contribution in [0.15, 0.2) is 24.3 Å². The molecule has 5 rings (SSSR count). The SMILES string of the molecule is NC(=O)c1ccc(N2CCN(c3nc4c(Cl)nc(I)nc4n3C3CCCCO3)CC2)cc1. The normalized spacial score (nSPS) is 19.5. The molecule has 1 atom stereocenters. The highest BCUT2D eigenvalue weighted by Crippen LogP contribution is 2.34. The number of ether oxygens (including phenoxy) is 1. The van der Waals surface area contributed by atoms with Crippen LogP contribution in [-0.4, -0.2) is 58.2 Å². The number of benzene rings is 1. The summed E-state index contributed by atoms with van der Waals surface area (Å²) in [6.45, 7) is 3.95. The molecular weight excluding hydrogens is 545 g/mol. The van der Waals surface area contributed by atoms with Crippen molar-refractivity contribution in [3.63, 3.8) is 0 Å². The second kappa shape index (κ2) is 8.99. The van der Waals surface area contributed by atoms with E-state index in [-0.39, 0.29) is 6.23 Å². The van der Waals surface area contributed by atoms with Crippen LogP contribution in [0.2, 0.25) is 5.15 Å². The molecule has 1 unspecified atom stereocenters. The van der Waals surface area contributed by atoms with Gasteiger partial charge in [0.2, 0.25) is 11.9 Å². The number of nitrogens with two attached hydrogens (primary N) is 1. The summed E-state index contributed by atoms with van der Waals surface area (Å²) in [7, 11) is 0. The largest absolute Gasteiger partial charge is 0.368 e. The summed E-state index contributed by atoms with van der Waals surface area (Å²) < 4.78 is 8.79. The molecule has 0 aliphatic carbocycles. The zero-order valence-electron chi connectivity index (χ0n) is 17.4. The van der Waals surface area contributed by atoms with Crippen molar-refractivity contribution in [2.45, 2.75) is 25.5 Å². The number of fused-ring (bicyclic) bond motifs is 1. The predicted octanol–water partition coefficient (Wildman–Crippen LogP) is 3.21. The van der Waals surface area contributed by atoms with Crippen LogP contribution in [0.25, 0.3) is 11.2 Å². The molecule has 0 saturated carbocycles. The molecule has 3 aromatic rings. The molecule has 168 valence electrons. The molecule has 2 fully saturated rings. The molecule has 1 aromatic carbocycles. The maximum atomic E-state index is 11.3. The van der Waals surface area contributed by atoms with Crippen molar-refractivity contribution in [1.29, 1.82) is 0 Å². The first kappa shape index (κ1) is 21.7. The number of primary amides is 1. The second-order valence-electron chi connectivity index (χ2n) is 7.94. The van der Waals surface area contributed by atoms with Crippen LogP contribution in [0, 0.1) is 3.83 Å². The lowest BCUT2D eigenvalue weighted by molar-refractivity contribution is -0.0289. The number of amides is 1. The van der Waals surface area contributed by atoms with Gasteiger partial charge in [-0.05, 0) is 43.5 Å². The molecule has 0 spiro atoms. The molecular formula is C21H23ClIN7O2. The minimum atomic E-state index is -0.415. The third-order valence-corrected chi connectivity index (χ3v) is 6.72. The molecule has 2 aliphatic rings. The van der Waals surface area contributed by atoms with Crippen LogP contribution in [0.3, 0.4) is 0 Å². The number of hydrogen-bond acceptors (Lipinski definition) is 7. The highest BCUT2D eigenvalue weighted by atomic mass is 127. The summed E-state index contributed by atoms with van der Waals surface area (Å²) in [4.78, 5) is 29.7. The summed E-state index contributed by atoms with van der Waals surface area (Å²) in [5, 5.41) is 0.364. The van der Waals surface area contributed by atoms with Gasteiger partial charge < -0.3 is 20.3 Å². The third kappa shape index (κ3) is 4.11. The van der Waals surface area contributed by atoms with Gasteiger partial charge in [0, 0.05) is 66.6 Å². The van der Waals surface area contributed by atoms with Crippen LogP contribution >= 0.6 is 34.2 Å². The predicted molar refractivity (Wildman–Crippen MR) is 131 cm³/mol. The molecule has 9 nitrogen and oxygen atoms in total. The maximum Gasteiger partial charge on any atom is 0.248 e. The highest BCUT2D eigenvalue weighted by molar-refractivity contribution is 14.1. The van der Waals surface area contributed by atoms with Crippen LogP contribution < -0.4 is 15.5 Å². The lowest BCUT2D eigenvalue weighted by Gasteiger charge is -2.37. The standard InChI is InChI=1S/C21H23ClIN7O2/c22-17-16-19(27-20(23)26-17)30(15-3-1-2-12-32-15)21(25-16)29-10-8-28(9-11-29)14-6-4-13(5-7-14)18(24)31/h4-7,15H,1-3,8-12H2,(H2,24,31). The number of imidazole rings is 1. The van der Waals surface area contributed by atoms with E-state index in [1.807, 2.05) is 12.1 Å². The molecule has 1 amide bonds. The summed E-state index contributed by atoms with van der Waals surface area (Å²) in [6, 6.07) is 7.43. The monoisotopic (exact) mass is 567 g/mol. The van der Waals surface area contributed by atoms with E-state index in [0.29, 0.717) is 20.1 Å². The average molecular weight is 568 g/mol. The number of halogens is 2. The number of rotatable bonds is 4. The number of anilines is 2. The highest BCUT2D eigenvalue weighted by Gasteiger charge is 2.29. The van der Waals surface area contributed by atoms with Gasteiger partial charge in [-0.2, -0.15) is 0 Å². The average Bonchev–Trinajstić information content (AvgIpc) is 3.19. The number of hydrogen-bond donors (Lipinski definition) is 1. The first-order valence-corrected chi connectivity index (χ1v) is 12.1. The minimum Gasteiger partial charge on any atom is -0.368 e. The van der Waals surface area contributed by atoms with Crippen LogP contribution in [0.4, 0.5) is 11.6 Å². The van der Waals surface area contributed by atoms with Gasteiger partial charge in [-0.1, -0.05) is 11.6 Å². The van der Waals surface area contributed by atoms with Gasteiger partial charge in [0.15, 0.2) is 14.6 Å². The molecule has 2 aromatic heterocycles. The Hall–Kier alpha value is -2.18. The fourth-order valence-electron chi connectivity index (χ4n) is 4.32. The summed E-state index contributed by atoms with van der Waals surface area (Å²) in [6.07, 6.45) is 2.99. The van der Waals surface area contributed by atoms with Crippen molar-refractivity contribution < 1.29 is 9.53 Å². The first-order valence-electron chi connectivity index (χ1n) is 10.6. The van der Waals surface area contributed by atoms with Crippen molar-refractivity contribution >= 4 is 62.9 Å². The van der Waals surface area contributed by atoms with Crippen molar-refractivity contribution in [3.05, 3.63) is 38.8 Å². The van der Waals surface area contributed by atoms with E-state index >= 15 is 0 Å². The molecule has 11 heteroatoms. The molecule has 32 heavy (non-hydrogen) atoms. The quantitative estimate of drug-likeness (QED) is 0.293. The van der Waals surface area contributed by atoms with E-state index in [4.69, 9.17) is 27.1 Å². The van der Waals surface area contributed by atoms with E-state index in [2.05, 4.69) is 46.9 Å². The Bertz CT molecular complexity index is 1140. The van der Waals surface area contributed by atoms with Gasteiger partial charge in [0.25, 0.3) is 0 Å². The Morgan fingerprint density at radius 2 is 1.78 bits per heavy atom. The Morgan fingerprint density at radius 3 is 2.44 bits per heavy atom. The second-order valence-corrected chi connectivity index (χ2v) is 9.27. The van der Waals surface area contributed by atoms with Crippen molar-refractivity contribution in [1.82, 2.24) is 19.5 Å². The van der Waals surface area contributed by atoms with Gasteiger partial charge in [-0.15, -0.1) is 0 Å². The number of aromatic nitrogens is 4. The number of carbonyl (C=O) groups excluding carboxylic acids is 1. The minimum absolute atomic E-state index is 0.107. The molecule has 2 saturated heterocycles. The van der Waals surface area contributed by atoms with Crippen LogP contribution in [-0.2, 0) is 4.74 Å². The molecule has 4 heterocycles. The third-order valence-electron chi connectivity index (χ3n) is 5.97. The Morgan fingerprint density at radius 1 is 1.06 bits per heavy atom. The fraction of sp³-hybridized carbons (Fsp3) is 0.429. The number of piperazine rings is 1. The smallest absolute Gasteiger partial charge is 0.248 e. The Labute approximate surface area is 204 Å². The van der Waals surface area contributed by atoms with Crippen LogP contribution in [0.5, 0.6) is 0 Å².